The molecular formula is C20H19ClN2O2. The molecule has 2 N–H and O–H groups in total. The Hall–Kier alpha value is -2.59. The van der Waals surface area contributed by atoms with Gasteiger partial charge in [-0.2, -0.15) is 0 Å². The van der Waals surface area contributed by atoms with Crippen molar-refractivity contribution in [2.45, 2.75) is 27.3 Å². The van der Waals surface area contributed by atoms with E-state index in [2.05, 4.69) is 0 Å². The van der Waals surface area contributed by atoms with Crippen molar-refractivity contribution in [3.63, 3.8) is 0 Å². The van der Waals surface area contributed by atoms with Crippen molar-refractivity contribution in [2.24, 2.45) is 5.73 Å². The number of aryl methyl sites for hydroxylation is 3. The van der Waals surface area contributed by atoms with E-state index in [1.54, 1.807) is 22.8 Å². The summed E-state index contributed by atoms with van der Waals surface area (Å²) in [4.78, 5) is 25.1. The standard InChI is InChI=1S/C20H19ClN2O2/c1-4-23-16-10-12(3)11(2)9-14(16)17(18(19(22)24)20(23)25)13-7-5-6-8-15(13)21/h5-10H,4H2,1-3H3,(H2,22,24). The average molecular weight is 355 g/mol. The topological polar surface area (TPSA) is 65.1 Å². The number of hydrogen-bond acceptors (Lipinski definition) is 2. The predicted molar refractivity (Wildman–Crippen MR) is 102 cm³/mol. The third-order valence-corrected chi connectivity index (χ3v) is 4.92. The van der Waals surface area contributed by atoms with Crippen molar-refractivity contribution in [2.75, 3.05) is 0 Å². The Bertz CT molecular complexity index is 1070. The molecule has 0 spiro atoms. The van der Waals surface area contributed by atoms with E-state index in [4.69, 9.17) is 17.3 Å². The number of hydrogen-bond donors (Lipinski definition) is 1. The van der Waals surface area contributed by atoms with E-state index in [9.17, 15) is 9.59 Å². The third-order valence-electron chi connectivity index (χ3n) is 4.59. The van der Waals surface area contributed by atoms with Gasteiger partial charge in [0.15, 0.2) is 0 Å². The smallest absolute Gasteiger partial charge is 0.264 e. The first-order valence-electron chi connectivity index (χ1n) is 8.09. The van der Waals surface area contributed by atoms with E-state index in [0.29, 0.717) is 22.7 Å². The molecule has 128 valence electrons. The number of rotatable bonds is 3. The molecule has 4 nitrogen and oxygen atoms in total. The molecule has 1 heterocycles. The number of carbonyl (C=O) groups is 1. The molecule has 0 atom stereocenters. The third kappa shape index (κ3) is 2.72. The van der Waals surface area contributed by atoms with Gasteiger partial charge < -0.3 is 10.3 Å². The second kappa shape index (κ2) is 6.37. The fourth-order valence-electron chi connectivity index (χ4n) is 3.20. The normalized spacial score (nSPS) is 11.0. The molecular weight excluding hydrogens is 336 g/mol. The number of primary amides is 1. The lowest BCUT2D eigenvalue weighted by Crippen LogP contribution is -2.31. The molecule has 0 aliphatic heterocycles. The zero-order valence-electron chi connectivity index (χ0n) is 14.4. The number of halogens is 1. The summed E-state index contributed by atoms with van der Waals surface area (Å²) in [5.41, 5.74) is 9.23. The van der Waals surface area contributed by atoms with E-state index >= 15 is 0 Å². The molecule has 0 bridgehead atoms. The van der Waals surface area contributed by atoms with Gasteiger partial charge in [-0.05, 0) is 50.1 Å². The van der Waals surface area contributed by atoms with Gasteiger partial charge in [0.1, 0.15) is 5.56 Å². The van der Waals surface area contributed by atoms with Gasteiger partial charge in [0, 0.05) is 28.1 Å². The number of benzene rings is 2. The number of pyridine rings is 1. The van der Waals surface area contributed by atoms with Gasteiger partial charge in [0.25, 0.3) is 11.5 Å². The van der Waals surface area contributed by atoms with Crippen LogP contribution in [0.4, 0.5) is 0 Å². The van der Waals surface area contributed by atoms with Crippen molar-refractivity contribution in [1.82, 2.24) is 4.57 Å². The summed E-state index contributed by atoms with van der Waals surface area (Å²) in [5.74, 6) is -0.748. The fourth-order valence-corrected chi connectivity index (χ4v) is 3.43. The van der Waals surface area contributed by atoms with Crippen LogP contribution in [0.5, 0.6) is 0 Å². The van der Waals surface area contributed by atoms with Crippen LogP contribution in [0.3, 0.4) is 0 Å². The van der Waals surface area contributed by atoms with Crippen LogP contribution in [0.25, 0.3) is 22.0 Å². The number of fused-ring (bicyclic) bond motifs is 1. The van der Waals surface area contributed by atoms with Crippen molar-refractivity contribution >= 4 is 28.4 Å². The average Bonchev–Trinajstić information content (AvgIpc) is 2.56. The number of carbonyl (C=O) groups excluding carboxylic acids is 1. The predicted octanol–water partition coefficient (Wildman–Crippen LogP) is 4.06. The zero-order valence-corrected chi connectivity index (χ0v) is 15.1. The molecule has 0 aliphatic rings. The van der Waals surface area contributed by atoms with Crippen LogP contribution in [0, 0.1) is 13.8 Å². The molecule has 25 heavy (non-hydrogen) atoms. The summed E-state index contributed by atoms with van der Waals surface area (Å²) in [6.45, 7) is 6.31. The molecule has 0 saturated heterocycles. The molecule has 5 heteroatoms. The maximum atomic E-state index is 13.0. The fraction of sp³-hybridized carbons (Fsp3) is 0.200. The summed E-state index contributed by atoms with van der Waals surface area (Å²) in [6.07, 6.45) is 0. The number of aromatic nitrogens is 1. The molecule has 1 aromatic heterocycles. The molecule has 0 radical (unpaired) electrons. The highest BCUT2D eigenvalue weighted by molar-refractivity contribution is 6.34. The van der Waals surface area contributed by atoms with E-state index in [0.717, 1.165) is 22.0 Å². The molecule has 1 amide bonds. The Morgan fingerprint density at radius 2 is 1.80 bits per heavy atom. The summed E-state index contributed by atoms with van der Waals surface area (Å²) in [6, 6.07) is 11.1. The lowest BCUT2D eigenvalue weighted by molar-refractivity contribution is 0.0999. The zero-order chi connectivity index (χ0) is 18.3. The van der Waals surface area contributed by atoms with E-state index in [1.807, 2.05) is 39.0 Å². The largest absolute Gasteiger partial charge is 0.365 e. The summed E-state index contributed by atoms with van der Waals surface area (Å²) in [5, 5.41) is 1.27. The highest BCUT2D eigenvalue weighted by Gasteiger charge is 2.23. The SMILES string of the molecule is CCn1c(=O)c(C(N)=O)c(-c2ccccc2Cl)c2cc(C)c(C)cc21. The van der Waals surface area contributed by atoms with Crippen molar-refractivity contribution < 1.29 is 4.79 Å². The van der Waals surface area contributed by atoms with Crippen LogP contribution in [-0.4, -0.2) is 10.5 Å². The second-order valence-corrected chi connectivity index (χ2v) is 6.50. The number of amides is 1. The van der Waals surface area contributed by atoms with Gasteiger partial charge in [-0.15, -0.1) is 0 Å². The van der Waals surface area contributed by atoms with E-state index in [-0.39, 0.29) is 11.1 Å². The number of nitrogens with zero attached hydrogens (tertiary/aromatic N) is 1. The summed E-state index contributed by atoms with van der Waals surface area (Å²) < 4.78 is 1.59. The van der Waals surface area contributed by atoms with Gasteiger partial charge in [0.2, 0.25) is 0 Å². The molecule has 2 aromatic carbocycles. The Morgan fingerprint density at radius 3 is 2.40 bits per heavy atom. The Morgan fingerprint density at radius 1 is 1.16 bits per heavy atom. The van der Waals surface area contributed by atoms with Crippen LogP contribution in [0.1, 0.15) is 28.4 Å². The van der Waals surface area contributed by atoms with Crippen molar-refractivity contribution in [3.05, 3.63) is 68.5 Å². The highest BCUT2D eigenvalue weighted by Crippen LogP contribution is 2.36. The Balaban J connectivity index is 2.65. The monoisotopic (exact) mass is 354 g/mol. The van der Waals surface area contributed by atoms with E-state index in [1.165, 1.54) is 0 Å². The van der Waals surface area contributed by atoms with Crippen LogP contribution in [0.2, 0.25) is 5.02 Å². The van der Waals surface area contributed by atoms with Gasteiger partial charge >= 0.3 is 0 Å². The Labute approximate surface area is 150 Å². The Kier molecular flexibility index (Phi) is 4.39. The number of nitrogens with two attached hydrogens (primary N) is 1. The molecule has 0 fully saturated rings. The maximum Gasteiger partial charge on any atom is 0.264 e. The molecule has 0 unspecified atom stereocenters. The maximum absolute atomic E-state index is 13.0. The molecule has 0 aliphatic carbocycles. The quantitative estimate of drug-likeness (QED) is 0.770. The minimum absolute atomic E-state index is 0.0225. The first-order valence-corrected chi connectivity index (χ1v) is 8.47. The highest BCUT2D eigenvalue weighted by atomic mass is 35.5. The molecule has 3 aromatic rings. The first kappa shape index (κ1) is 17.2. The van der Waals surface area contributed by atoms with Gasteiger partial charge in [-0.3, -0.25) is 9.59 Å². The van der Waals surface area contributed by atoms with Crippen molar-refractivity contribution in [1.29, 1.82) is 0 Å². The van der Waals surface area contributed by atoms with Gasteiger partial charge in [0.05, 0.1) is 5.52 Å². The summed E-state index contributed by atoms with van der Waals surface area (Å²) >= 11 is 6.37. The van der Waals surface area contributed by atoms with Crippen LogP contribution in [0.15, 0.2) is 41.2 Å². The van der Waals surface area contributed by atoms with E-state index < -0.39 is 5.91 Å². The minimum atomic E-state index is -0.748. The van der Waals surface area contributed by atoms with Crippen molar-refractivity contribution in [3.8, 4) is 11.1 Å². The van der Waals surface area contributed by atoms with Crippen LogP contribution in [-0.2, 0) is 6.54 Å². The van der Waals surface area contributed by atoms with Gasteiger partial charge in [-0.25, -0.2) is 0 Å². The minimum Gasteiger partial charge on any atom is -0.365 e. The summed E-state index contributed by atoms with van der Waals surface area (Å²) in [7, 11) is 0. The second-order valence-electron chi connectivity index (χ2n) is 6.10. The van der Waals surface area contributed by atoms with Crippen LogP contribution >= 0.6 is 11.6 Å². The van der Waals surface area contributed by atoms with Gasteiger partial charge in [-0.1, -0.05) is 29.8 Å². The lowest BCUT2D eigenvalue weighted by Gasteiger charge is -2.18. The molecule has 3 rings (SSSR count). The first-order chi connectivity index (χ1) is 11.9. The molecule has 0 saturated carbocycles. The lowest BCUT2D eigenvalue weighted by atomic mass is 9.93. The van der Waals surface area contributed by atoms with Crippen LogP contribution < -0.4 is 11.3 Å².